The molecular formula is C31H40N2O5S. The predicted molar refractivity (Wildman–Crippen MR) is 153 cm³/mol. The first-order chi connectivity index (χ1) is 18.6. The summed E-state index contributed by atoms with van der Waals surface area (Å²) in [4.78, 5) is 46.4. The van der Waals surface area contributed by atoms with Crippen molar-refractivity contribution in [2.75, 3.05) is 24.7 Å². The number of esters is 1. The van der Waals surface area contributed by atoms with Gasteiger partial charge in [0.25, 0.3) is 5.91 Å². The van der Waals surface area contributed by atoms with Gasteiger partial charge in [0.2, 0.25) is 5.91 Å². The summed E-state index contributed by atoms with van der Waals surface area (Å²) < 4.78 is 4.03. The lowest BCUT2D eigenvalue weighted by atomic mass is 9.74. The summed E-state index contributed by atoms with van der Waals surface area (Å²) in [7, 11) is 0. The second-order valence-electron chi connectivity index (χ2n) is 11.7. The van der Waals surface area contributed by atoms with Gasteiger partial charge < -0.3 is 19.6 Å². The molecule has 4 aliphatic heterocycles. The number of hydrogen-bond donors (Lipinski definition) is 1. The zero-order valence-corrected chi connectivity index (χ0v) is 24.4. The van der Waals surface area contributed by atoms with Crippen LogP contribution < -0.4 is 4.90 Å². The average Bonchev–Trinajstić information content (AvgIpc) is 3.25. The molecule has 210 valence electrons. The van der Waals surface area contributed by atoms with E-state index in [1.165, 1.54) is 0 Å². The van der Waals surface area contributed by atoms with Crippen LogP contribution in [0.2, 0.25) is 0 Å². The Labute approximate surface area is 235 Å². The highest BCUT2D eigenvalue weighted by molar-refractivity contribution is 8.02. The van der Waals surface area contributed by atoms with Crippen molar-refractivity contribution >= 4 is 35.2 Å². The van der Waals surface area contributed by atoms with Crippen LogP contribution in [0, 0.1) is 31.6 Å². The Kier molecular flexibility index (Phi) is 7.48. The number of rotatable bonds is 5. The lowest BCUT2D eigenvalue weighted by molar-refractivity contribution is -0.154. The molecule has 4 aliphatic rings. The number of cyclic esters (lactones) is 1. The topological polar surface area (TPSA) is 87.2 Å². The number of hydrogen-bond acceptors (Lipinski definition) is 6. The molecule has 2 amide bonds. The van der Waals surface area contributed by atoms with E-state index in [0.717, 1.165) is 36.1 Å². The molecule has 0 radical (unpaired) electrons. The normalized spacial score (nSPS) is 34.7. The van der Waals surface area contributed by atoms with Crippen LogP contribution in [0.4, 0.5) is 5.69 Å². The van der Waals surface area contributed by atoms with Crippen LogP contribution in [0.1, 0.15) is 51.2 Å². The average molecular weight is 553 g/mol. The third-order valence-corrected chi connectivity index (χ3v) is 11.0. The number of anilines is 1. The van der Waals surface area contributed by atoms with Gasteiger partial charge in [-0.15, -0.1) is 11.8 Å². The number of aliphatic hydroxyl groups excluding tert-OH is 1. The van der Waals surface area contributed by atoms with Crippen LogP contribution in [-0.2, 0) is 19.1 Å². The van der Waals surface area contributed by atoms with Crippen molar-refractivity contribution in [3.63, 3.8) is 0 Å². The van der Waals surface area contributed by atoms with Gasteiger partial charge in [-0.3, -0.25) is 14.4 Å². The number of thioether (sulfide) groups is 1. The molecule has 2 fully saturated rings. The zero-order valence-electron chi connectivity index (χ0n) is 23.6. The number of benzene rings is 1. The fourth-order valence-corrected chi connectivity index (χ4v) is 9.11. The van der Waals surface area contributed by atoms with Crippen LogP contribution in [0.3, 0.4) is 0 Å². The van der Waals surface area contributed by atoms with Crippen LogP contribution in [-0.4, -0.2) is 69.1 Å². The third-order valence-electron chi connectivity index (χ3n) is 9.19. The van der Waals surface area contributed by atoms with Crippen LogP contribution in [0.25, 0.3) is 0 Å². The molecule has 1 spiro atoms. The maximum absolute atomic E-state index is 14.8. The number of aryl methyl sites for hydroxylation is 2. The van der Waals surface area contributed by atoms with Gasteiger partial charge >= 0.3 is 5.97 Å². The van der Waals surface area contributed by atoms with Crippen molar-refractivity contribution in [2.24, 2.45) is 17.8 Å². The van der Waals surface area contributed by atoms with Crippen LogP contribution in [0.5, 0.6) is 0 Å². The first-order valence-corrected chi connectivity index (χ1v) is 14.9. The largest absolute Gasteiger partial charge is 0.465 e. The van der Waals surface area contributed by atoms with Crippen molar-refractivity contribution in [1.82, 2.24) is 4.90 Å². The van der Waals surface area contributed by atoms with E-state index < -0.39 is 33.4 Å². The molecule has 4 heterocycles. The van der Waals surface area contributed by atoms with E-state index in [-0.39, 0.29) is 30.3 Å². The molecule has 39 heavy (non-hydrogen) atoms. The van der Waals surface area contributed by atoms with Crippen molar-refractivity contribution in [3.8, 4) is 0 Å². The Morgan fingerprint density at radius 2 is 1.90 bits per heavy atom. The molecule has 2 saturated heterocycles. The van der Waals surface area contributed by atoms with Gasteiger partial charge in [0.05, 0.1) is 35.8 Å². The Bertz CT molecular complexity index is 1230. The maximum Gasteiger partial charge on any atom is 0.311 e. The molecule has 0 saturated carbocycles. The molecule has 1 aromatic rings. The molecule has 1 N–H and O–H groups in total. The Balaban J connectivity index is 1.71. The molecule has 1 unspecified atom stereocenters. The second-order valence-corrected chi connectivity index (χ2v) is 13.5. The Hall–Kier alpha value is -2.58. The third kappa shape index (κ3) is 4.34. The lowest BCUT2D eigenvalue weighted by Gasteiger charge is -2.41. The molecule has 5 rings (SSSR count). The first-order valence-electron chi connectivity index (χ1n) is 14.1. The van der Waals surface area contributed by atoms with E-state index in [0.29, 0.717) is 13.2 Å². The summed E-state index contributed by atoms with van der Waals surface area (Å²) in [5.74, 6) is -2.35. The van der Waals surface area contributed by atoms with E-state index in [1.807, 2.05) is 65.0 Å². The van der Waals surface area contributed by atoms with E-state index >= 15 is 0 Å². The molecule has 1 aromatic carbocycles. The minimum absolute atomic E-state index is 0.0345. The molecule has 0 aliphatic carbocycles. The number of fused-ring (bicyclic) bond motifs is 2. The van der Waals surface area contributed by atoms with E-state index in [2.05, 4.69) is 12.2 Å². The van der Waals surface area contributed by atoms with Gasteiger partial charge in [-0.2, -0.15) is 0 Å². The van der Waals surface area contributed by atoms with Crippen molar-refractivity contribution < 1.29 is 24.2 Å². The minimum Gasteiger partial charge on any atom is -0.465 e. The number of amides is 2. The van der Waals surface area contributed by atoms with E-state index in [9.17, 15) is 19.5 Å². The highest BCUT2D eigenvalue weighted by atomic mass is 32.2. The summed E-state index contributed by atoms with van der Waals surface area (Å²) in [6, 6.07) is 4.64. The number of carbonyl (C=O) groups is 3. The molecule has 7 nitrogen and oxygen atoms in total. The fraction of sp³-hybridized carbons (Fsp3) is 0.581. The maximum atomic E-state index is 14.8. The van der Waals surface area contributed by atoms with Crippen molar-refractivity contribution in [2.45, 2.75) is 75.5 Å². The minimum atomic E-state index is -0.969. The van der Waals surface area contributed by atoms with Gasteiger partial charge in [-0.05, 0) is 56.7 Å². The smallest absolute Gasteiger partial charge is 0.311 e. The first kappa shape index (κ1) is 28.0. The fourth-order valence-electron chi connectivity index (χ4n) is 6.97. The molecule has 0 bridgehead atoms. The summed E-state index contributed by atoms with van der Waals surface area (Å²) in [5.41, 5.74) is 2.83. The summed E-state index contributed by atoms with van der Waals surface area (Å²) in [6.07, 6.45) is 10.4. The Morgan fingerprint density at radius 3 is 2.62 bits per heavy atom. The van der Waals surface area contributed by atoms with Crippen LogP contribution >= 0.6 is 11.8 Å². The monoisotopic (exact) mass is 552 g/mol. The predicted octanol–water partition coefficient (Wildman–Crippen LogP) is 4.19. The van der Waals surface area contributed by atoms with Gasteiger partial charge in [0.1, 0.15) is 6.04 Å². The van der Waals surface area contributed by atoms with Crippen LogP contribution in [0.15, 0.2) is 42.5 Å². The summed E-state index contributed by atoms with van der Waals surface area (Å²) in [6.45, 7) is 10.4. The lowest BCUT2D eigenvalue weighted by Crippen LogP contribution is -2.58. The van der Waals surface area contributed by atoms with Gasteiger partial charge in [-0.25, -0.2) is 0 Å². The number of allylic oxidation sites excluding steroid dienone is 1. The molecular weight excluding hydrogens is 512 g/mol. The van der Waals surface area contributed by atoms with Gasteiger partial charge in [0, 0.05) is 17.0 Å². The molecule has 0 aromatic heterocycles. The Morgan fingerprint density at radius 1 is 1.13 bits per heavy atom. The van der Waals surface area contributed by atoms with Crippen molar-refractivity contribution in [1.29, 1.82) is 0 Å². The SMILES string of the molecule is CC[C@H](C)[C@H](CO)N1C(=O)[C@@H]2[C@H]3C(=O)OCCC/C=C\[C@@]3(C)S[C@@]23C=CCN(c2cc(C)ccc2C)C(=O)C13. The summed E-state index contributed by atoms with van der Waals surface area (Å²) >= 11 is 1.54. The van der Waals surface area contributed by atoms with E-state index in [4.69, 9.17) is 4.74 Å². The van der Waals surface area contributed by atoms with Gasteiger partial charge in [0.15, 0.2) is 0 Å². The quantitative estimate of drug-likeness (QED) is 0.435. The zero-order chi connectivity index (χ0) is 28.1. The highest BCUT2D eigenvalue weighted by Crippen LogP contribution is 2.65. The molecule has 7 atom stereocenters. The van der Waals surface area contributed by atoms with Crippen molar-refractivity contribution in [3.05, 3.63) is 53.6 Å². The number of aliphatic hydroxyl groups is 1. The summed E-state index contributed by atoms with van der Waals surface area (Å²) in [5, 5.41) is 10.6. The number of carbonyl (C=O) groups excluding carboxylic acids is 3. The van der Waals surface area contributed by atoms with Gasteiger partial charge in [-0.1, -0.05) is 56.7 Å². The standard InChI is InChI=1S/C31H40N2O5S/c1-6-20(3)23(18-34)33-26-28(36)32(22-17-19(2)11-12-21(22)4)15-10-14-31(26)24(27(33)35)25-29(37)38-16-9-7-8-13-30(25,5)39-31/h8,10-14,17,20,23-26,34H,6-7,9,15-16,18H2,1-5H3/b13-8-/t20-,23-,24-,25-,26?,30+,31-/m0/s1. The van der Waals surface area contributed by atoms with E-state index in [1.54, 1.807) is 21.6 Å². The highest BCUT2D eigenvalue weighted by Gasteiger charge is 2.74. The number of nitrogens with zero attached hydrogens (tertiary/aromatic N) is 2. The number of ether oxygens (including phenoxy) is 1. The second kappa shape index (κ2) is 10.4. The molecule has 8 heteroatoms. The number of likely N-dealkylation sites (tertiary alicyclic amines) is 1.